The molecule has 0 saturated carbocycles. The van der Waals surface area contributed by atoms with E-state index in [2.05, 4.69) is 13.8 Å². The average Bonchev–Trinajstić information content (AvgIpc) is 2.71. The van der Waals surface area contributed by atoms with E-state index in [0.29, 0.717) is 65.3 Å². The van der Waals surface area contributed by atoms with Crippen LogP contribution in [0.25, 0.3) is 0 Å². The van der Waals surface area contributed by atoms with Crippen molar-refractivity contribution in [2.24, 2.45) is 0 Å². The van der Waals surface area contributed by atoms with Gasteiger partial charge in [-0.2, -0.15) is 0 Å². The maximum Gasteiger partial charge on any atom is 0.305 e. The van der Waals surface area contributed by atoms with E-state index in [0.717, 1.165) is 51.7 Å². The molecular weight excluding hydrogens is 376 g/mol. The molecule has 0 rings (SSSR count). The first-order valence-electron chi connectivity index (χ1n) is 11.2. The third-order valence-corrected chi connectivity index (χ3v) is 4.02. The van der Waals surface area contributed by atoms with Crippen LogP contribution >= 0.6 is 0 Å². The van der Waals surface area contributed by atoms with Crippen LogP contribution in [0.4, 0.5) is 0 Å². The molecule has 0 fully saturated rings. The Labute approximate surface area is 176 Å². The fourth-order valence-electron chi connectivity index (χ4n) is 2.27. The smallest absolute Gasteiger partial charge is 0.305 e. The van der Waals surface area contributed by atoms with E-state index in [4.69, 9.17) is 23.7 Å². The lowest BCUT2D eigenvalue weighted by Gasteiger charge is -2.07. The van der Waals surface area contributed by atoms with E-state index in [-0.39, 0.29) is 11.9 Å². The van der Waals surface area contributed by atoms with Gasteiger partial charge in [-0.15, -0.1) is 0 Å². The van der Waals surface area contributed by atoms with Crippen LogP contribution in [0.15, 0.2) is 0 Å². The normalized spacial score (nSPS) is 10.8. The second kappa shape index (κ2) is 23.1. The molecule has 0 N–H and O–H groups in total. The highest BCUT2D eigenvalue weighted by Crippen LogP contribution is 1.99. The summed E-state index contributed by atoms with van der Waals surface area (Å²) in [7, 11) is 0. The number of carbonyl (C=O) groups excluding carboxylic acids is 2. The van der Waals surface area contributed by atoms with E-state index in [1.807, 2.05) is 0 Å². The van der Waals surface area contributed by atoms with Crippen LogP contribution in [0.3, 0.4) is 0 Å². The highest BCUT2D eigenvalue weighted by Gasteiger charge is 2.04. The Bertz CT molecular complexity index is 340. The molecule has 0 heterocycles. The first-order valence-corrected chi connectivity index (χ1v) is 11.2. The molecule has 0 amide bonds. The largest absolute Gasteiger partial charge is 0.466 e. The summed E-state index contributed by atoms with van der Waals surface area (Å²) in [6.07, 6.45) is 7.76. The van der Waals surface area contributed by atoms with Crippen LogP contribution in [-0.2, 0) is 33.3 Å². The number of rotatable bonds is 22. The zero-order chi connectivity index (χ0) is 21.4. The Balaban J connectivity index is 3.27. The van der Waals surface area contributed by atoms with Crippen molar-refractivity contribution < 1.29 is 33.3 Å². The molecule has 0 aromatic rings. The SMILES string of the molecule is CCCCOCCCOC(=O)CCCOCCCC(=O)OCCCOCCCC. The van der Waals surface area contributed by atoms with Gasteiger partial charge in [0.05, 0.1) is 13.2 Å². The van der Waals surface area contributed by atoms with Crippen LogP contribution in [0.5, 0.6) is 0 Å². The van der Waals surface area contributed by atoms with Crippen molar-refractivity contribution in [3.05, 3.63) is 0 Å². The Morgan fingerprint density at radius 3 is 1.21 bits per heavy atom. The van der Waals surface area contributed by atoms with Gasteiger partial charge in [0.2, 0.25) is 0 Å². The molecule has 29 heavy (non-hydrogen) atoms. The first-order chi connectivity index (χ1) is 14.2. The zero-order valence-electron chi connectivity index (χ0n) is 18.6. The Kier molecular flexibility index (Phi) is 22.2. The minimum Gasteiger partial charge on any atom is -0.466 e. The maximum absolute atomic E-state index is 11.6. The van der Waals surface area contributed by atoms with Gasteiger partial charge in [-0.3, -0.25) is 9.59 Å². The van der Waals surface area contributed by atoms with Crippen molar-refractivity contribution in [1.29, 1.82) is 0 Å². The van der Waals surface area contributed by atoms with Gasteiger partial charge in [-0.1, -0.05) is 26.7 Å². The summed E-state index contributed by atoms with van der Waals surface area (Å²) in [6.45, 7) is 8.82. The molecule has 0 aromatic carbocycles. The molecule has 0 aromatic heterocycles. The molecule has 0 radical (unpaired) electrons. The first kappa shape index (κ1) is 27.8. The second-order valence-electron chi connectivity index (χ2n) is 6.90. The molecule has 0 aliphatic rings. The Hall–Kier alpha value is -1.18. The van der Waals surface area contributed by atoms with Gasteiger partial charge >= 0.3 is 11.9 Å². The van der Waals surface area contributed by atoms with E-state index >= 15 is 0 Å². The van der Waals surface area contributed by atoms with Gasteiger partial charge in [-0.25, -0.2) is 0 Å². The van der Waals surface area contributed by atoms with Crippen molar-refractivity contribution in [2.75, 3.05) is 52.9 Å². The molecule has 7 heteroatoms. The number of hydrogen-bond acceptors (Lipinski definition) is 7. The predicted octanol–water partition coefficient (Wildman–Crippen LogP) is 4.06. The van der Waals surface area contributed by atoms with Crippen LogP contribution in [0, 0.1) is 0 Å². The van der Waals surface area contributed by atoms with Gasteiger partial charge in [0.25, 0.3) is 0 Å². The molecule has 0 saturated heterocycles. The topological polar surface area (TPSA) is 80.3 Å². The summed E-state index contributed by atoms with van der Waals surface area (Å²) < 4.78 is 26.5. The molecule has 0 bridgehead atoms. The summed E-state index contributed by atoms with van der Waals surface area (Å²) in [4.78, 5) is 23.1. The molecule has 172 valence electrons. The zero-order valence-corrected chi connectivity index (χ0v) is 18.6. The highest BCUT2D eigenvalue weighted by atomic mass is 16.5. The number of unbranched alkanes of at least 4 members (excludes halogenated alkanes) is 2. The minimum absolute atomic E-state index is 0.204. The molecular formula is C22H42O7. The maximum atomic E-state index is 11.6. The van der Waals surface area contributed by atoms with Gasteiger partial charge in [0, 0.05) is 65.3 Å². The monoisotopic (exact) mass is 418 g/mol. The average molecular weight is 419 g/mol. The molecule has 0 aliphatic carbocycles. The summed E-state index contributed by atoms with van der Waals surface area (Å²) in [5.41, 5.74) is 0. The summed E-state index contributed by atoms with van der Waals surface area (Å²) in [6, 6.07) is 0. The van der Waals surface area contributed by atoms with E-state index < -0.39 is 0 Å². The Morgan fingerprint density at radius 1 is 0.483 bits per heavy atom. The van der Waals surface area contributed by atoms with Crippen LogP contribution < -0.4 is 0 Å². The van der Waals surface area contributed by atoms with Crippen LogP contribution in [-0.4, -0.2) is 64.8 Å². The van der Waals surface area contributed by atoms with E-state index in [1.54, 1.807) is 0 Å². The van der Waals surface area contributed by atoms with Crippen molar-refractivity contribution in [3.8, 4) is 0 Å². The van der Waals surface area contributed by atoms with Crippen molar-refractivity contribution in [2.45, 2.75) is 78.1 Å². The summed E-state index contributed by atoms with van der Waals surface area (Å²) >= 11 is 0. The Morgan fingerprint density at radius 2 is 0.828 bits per heavy atom. The predicted molar refractivity (Wildman–Crippen MR) is 112 cm³/mol. The number of hydrogen-bond donors (Lipinski definition) is 0. The fraction of sp³-hybridized carbons (Fsp3) is 0.909. The van der Waals surface area contributed by atoms with Crippen LogP contribution in [0.2, 0.25) is 0 Å². The van der Waals surface area contributed by atoms with Crippen molar-refractivity contribution in [3.63, 3.8) is 0 Å². The molecule has 0 spiro atoms. The highest BCUT2D eigenvalue weighted by molar-refractivity contribution is 5.69. The molecule has 0 aliphatic heterocycles. The molecule has 7 nitrogen and oxygen atoms in total. The standard InChI is InChI=1S/C22H42O7/c1-3-5-13-25-17-9-19-28-21(23)11-7-15-27-16-8-12-22(24)29-20-10-18-26-14-6-4-2/h3-20H2,1-2H3. The number of carbonyl (C=O) groups is 2. The van der Waals surface area contributed by atoms with Gasteiger partial charge in [-0.05, 0) is 25.7 Å². The quantitative estimate of drug-likeness (QED) is 0.194. The number of esters is 2. The van der Waals surface area contributed by atoms with Crippen LogP contribution in [0.1, 0.15) is 78.1 Å². The van der Waals surface area contributed by atoms with Gasteiger partial charge in [0.15, 0.2) is 0 Å². The van der Waals surface area contributed by atoms with Crippen molar-refractivity contribution >= 4 is 11.9 Å². The lowest BCUT2D eigenvalue weighted by Crippen LogP contribution is -2.10. The third-order valence-electron chi connectivity index (χ3n) is 4.02. The number of ether oxygens (including phenoxy) is 5. The molecule has 0 unspecified atom stereocenters. The minimum atomic E-state index is -0.204. The summed E-state index contributed by atoms with van der Waals surface area (Å²) in [5, 5.41) is 0. The van der Waals surface area contributed by atoms with Crippen molar-refractivity contribution in [1.82, 2.24) is 0 Å². The second-order valence-corrected chi connectivity index (χ2v) is 6.90. The van der Waals surface area contributed by atoms with E-state index in [1.165, 1.54) is 0 Å². The fourth-order valence-corrected chi connectivity index (χ4v) is 2.27. The lowest BCUT2D eigenvalue weighted by atomic mass is 10.3. The van der Waals surface area contributed by atoms with Gasteiger partial charge < -0.3 is 23.7 Å². The third kappa shape index (κ3) is 23.0. The lowest BCUT2D eigenvalue weighted by molar-refractivity contribution is -0.145. The van der Waals surface area contributed by atoms with E-state index in [9.17, 15) is 9.59 Å². The molecule has 0 atom stereocenters. The van der Waals surface area contributed by atoms with Gasteiger partial charge in [0.1, 0.15) is 0 Å². The summed E-state index contributed by atoms with van der Waals surface area (Å²) in [5.74, 6) is -0.409.